The van der Waals surface area contributed by atoms with Gasteiger partial charge in [-0.15, -0.1) is 0 Å². The summed E-state index contributed by atoms with van der Waals surface area (Å²) >= 11 is 6.58. The summed E-state index contributed by atoms with van der Waals surface area (Å²) in [5.41, 5.74) is 6.59. The summed E-state index contributed by atoms with van der Waals surface area (Å²) in [6, 6.07) is 9.36. The average molecular weight is 436 g/mol. The Bertz CT molecular complexity index is 738. The van der Waals surface area contributed by atoms with E-state index in [0.717, 1.165) is 0 Å². The molecule has 0 aliphatic carbocycles. The van der Waals surface area contributed by atoms with Crippen molar-refractivity contribution in [1.82, 2.24) is 0 Å². The Balaban J connectivity index is 2.37. The van der Waals surface area contributed by atoms with E-state index in [1.807, 2.05) is 0 Å². The zero-order valence-electron chi connectivity index (χ0n) is 10.9. The fourth-order valence-electron chi connectivity index (χ4n) is 1.64. The fourth-order valence-corrected chi connectivity index (χ4v) is 4.42. The maximum Gasteiger partial charge on any atom is 0.261 e. The quantitative estimate of drug-likeness (QED) is 0.718. The molecule has 0 heterocycles. The van der Waals surface area contributed by atoms with Crippen LogP contribution in [0.5, 0.6) is 5.75 Å². The van der Waals surface area contributed by atoms with E-state index in [9.17, 15) is 8.42 Å². The number of rotatable bonds is 4. The first-order valence-corrected chi connectivity index (χ1v) is 8.82. The number of methoxy groups -OCH3 is 1. The van der Waals surface area contributed by atoms with Gasteiger partial charge >= 0.3 is 0 Å². The molecule has 5 nitrogen and oxygen atoms in total. The fraction of sp³-hybridized carbons (Fsp3) is 0.0769. The van der Waals surface area contributed by atoms with Crippen molar-refractivity contribution in [3.05, 3.63) is 45.3 Å². The van der Waals surface area contributed by atoms with Crippen LogP contribution in [0.4, 0.5) is 11.4 Å². The molecule has 3 N–H and O–H groups in total. The molecule has 0 bridgehead atoms. The molecule has 2 aromatic rings. The molecule has 2 aromatic carbocycles. The number of anilines is 2. The third-order valence-electron chi connectivity index (χ3n) is 2.67. The molecule has 8 heteroatoms. The second-order valence-corrected chi connectivity index (χ2v) is 7.53. The van der Waals surface area contributed by atoms with Crippen molar-refractivity contribution in [2.45, 2.75) is 4.90 Å². The van der Waals surface area contributed by atoms with E-state index >= 15 is 0 Å². The first-order chi connectivity index (χ1) is 9.83. The van der Waals surface area contributed by atoms with Crippen LogP contribution in [0, 0.1) is 0 Å². The Morgan fingerprint density at radius 1 is 1.10 bits per heavy atom. The molecule has 0 amide bonds. The molecule has 0 radical (unpaired) electrons. The van der Waals surface area contributed by atoms with E-state index in [1.165, 1.54) is 19.2 Å². The molecule has 0 unspecified atom stereocenters. The minimum Gasteiger partial charge on any atom is -0.497 e. The minimum absolute atomic E-state index is 0.138. The number of hydrogen-bond donors (Lipinski definition) is 2. The van der Waals surface area contributed by atoms with E-state index in [1.54, 1.807) is 24.3 Å². The summed E-state index contributed by atoms with van der Waals surface area (Å²) in [7, 11) is -2.18. The Morgan fingerprint density at radius 2 is 1.62 bits per heavy atom. The first kappa shape index (κ1) is 16.1. The number of nitrogens with one attached hydrogen (secondary N) is 1. The summed E-state index contributed by atoms with van der Waals surface area (Å²) in [5.74, 6) is 0.587. The van der Waals surface area contributed by atoms with Crippen LogP contribution in [-0.2, 0) is 10.0 Å². The van der Waals surface area contributed by atoms with Crippen LogP contribution < -0.4 is 15.2 Å². The number of hydrogen-bond acceptors (Lipinski definition) is 4. The van der Waals surface area contributed by atoms with Crippen LogP contribution in [0.15, 0.2) is 50.2 Å². The molecule has 0 spiro atoms. The predicted octanol–water partition coefficient (Wildman–Crippen LogP) is 3.60. The van der Waals surface area contributed by atoms with Crippen molar-refractivity contribution in [3.8, 4) is 5.75 Å². The van der Waals surface area contributed by atoms with Crippen molar-refractivity contribution in [2.24, 2.45) is 0 Å². The molecule has 0 aliphatic rings. The van der Waals surface area contributed by atoms with Gasteiger partial charge in [-0.05, 0) is 68.3 Å². The summed E-state index contributed by atoms with van der Waals surface area (Å²) in [6.07, 6.45) is 0. The molecule has 0 saturated heterocycles. The highest BCUT2D eigenvalue weighted by Gasteiger charge is 2.18. The highest BCUT2D eigenvalue weighted by Crippen LogP contribution is 2.35. The van der Waals surface area contributed by atoms with Gasteiger partial charge in [-0.25, -0.2) is 8.42 Å². The van der Waals surface area contributed by atoms with Gasteiger partial charge in [0.2, 0.25) is 0 Å². The highest BCUT2D eigenvalue weighted by atomic mass is 79.9. The van der Waals surface area contributed by atoms with Gasteiger partial charge in [0.1, 0.15) is 5.75 Å². The average Bonchev–Trinajstić information content (AvgIpc) is 2.43. The Labute approximate surface area is 139 Å². The number of nitrogens with two attached hydrogens (primary N) is 1. The van der Waals surface area contributed by atoms with E-state index in [0.29, 0.717) is 26.1 Å². The molecule has 2 rings (SSSR count). The van der Waals surface area contributed by atoms with E-state index in [2.05, 4.69) is 36.6 Å². The Hall–Kier alpha value is -1.25. The third-order valence-corrected chi connectivity index (χ3v) is 5.29. The zero-order valence-corrected chi connectivity index (χ0v) is 14.9. The van der Waals surface area contributed by atoms with Crippen molar-refractivity contribution in [2.75, 3.05) is 17.6 Å². The summed E-state index contributed by atoms with van der Waals surface area (Å²) < 4.78 is 33.4. The van der Waals surface area contributed by atoms with Crippen molar-refractivity contribution in [1.29, 1.82) is 0 Å². The van der Waals surface area contributed by atoms with Gasteiger partial charge in [0.05, 0.1) is 17.7 Å². The summed E-state index contributed by atoms with van der Waals surface area (Å²) in [5, 5.41) is 0. The predicted molar refractivity (Wildman–Crippen MR) is 90.1 cm³/mol. The zero-order chi connectivity index (χ0) is 15.6. The molecule has 0 aromatic heterocycles. The van der Waals surface area contributed by atoms with E-state index in [4.69, 9.17) is 10.5 Å². The molecule has 0 saturated carbocycles. The molecule has 0 atom stereocenters. The number of ether oxygens (including phenoxy) is 1. The smallest absolute Gasteiger partial charge is 0.261 e. The van der Waals surface area contributed by atoms with Crippen molar-refractivity contribution >= 4 is 53.3 Å². The van der Waals surface area contributed by atoms with E-state index < -0.39 is 10.0 Å². The van der Waals surface area contributed by atoms with Crippen LogP contribution in [0.2, 0.25) is 0 Å². The molecule has 0 fully saturated rings. The molecule has 112 valence electrons. The van der Waals surface area contributed by atoms with Crippen LogP contribution in [0.25, 0.3) is 0 Å². The van der Waals surface area contributed by atoms with Gasteiger partial charge in [-0.3, -0.25) is 4.72 Å². The van der Waals surface area contributed by atoms with Gasteiger partial charge in [0.15, 0.2) is 0 Å². The van der Waals surface area contributed by atoms with Crippen LogP contribution >= 0.6 is 31.9 Å². The molecule has 0 aliphatic heterocycles. The monoisotopic (exact) mass is 434 g/mol. The van der Waals surface area contributed by atoms with E-state index in [-0.39, 0.29) is 4.90 Å². The highest BCUT2D eigenvalue weighted by molar-refractivity contribution is 9.11. The third kappa shape index (κ3) is 3.69. The molecule has 21 heavy (non-hydrogen) atoms. The topological polar surface area (TPSA) is 81.4 Å². The summed E-state index contributed by atoms with van der Waals surface area (Å²) in [6.45, 7) is 0. The molecular formula is C13H12Br2N2O3S. The normalized spacial score (nSPS) is 11.2. The van der Waals surface area contributed by atoms with Crippen LogP contribution in [-0.4, -0.2) is 15.5 Å². The lowest BCUT2D eigenvalue weighted by molar-refractivity contribution is 0.414. The maximum atomic E-state index is 12.4. The van der Waals surface area contributed by atoms with Gasteiger partial charge in [0, 0.05) is 14.6 Å². The van der Waals surface area contributed by atoms with Crippen molar-refractivity contribution < 1.29 is 13.2 Å². The van der Waals surface area contributed by atoms with Crippen molar-refractivity contribution in [3.63, 3.8) is 0 Å². The lowest BCUT2D eigenvalue weighted by Gasteiger charge is -2.12. The number of sulfonamides is 1. The largest absolute Gasteiger partial charge is 0.497 e. The van der Waals surface area contributed by atoms with Gasteiger partial charge in [0.25, 0.3) is 10.0 Å². The van der Waals surface area contributed by atoms with Gasteiger partial charge in [-0.2, -0.15) is 0 Å². The SMILES string of the molecule is COc1ccc(S(=O)(=O)Nc2c(Br)cc(N)cc2Br)cc1. The number of nitrogen functional groups attached to an aromatic ring is 1. The maximum absolute atomic E-state index is 12.4. The molecular weight excluding hydrogens is 424 g/mol. The second-order valence-electron chi connectivity index (χ2n) is 4.14. The Kier molecular flexibility index (Phi) is 4.80. The first-order valence-electron chi connectivity index (χ1n) is 5.75. The second kappa shape index (κ2) is 6.25. The minimum atomic E-state index is -3.70. The van der Waals surface area contributed by atoms with Gasteiger partial charge < -0.3 is 10.5 Å². The summed E-state index contributed by atoms with van der Waals surface area (Å²) in [4.78, 5) is 0.138. The number of halogens is 2. The standard InChI is InChI=1S/C13H12Br2N2O3S/c1-20-9-2-4-10(5-3-9)21(18,19)17-13-11(14)6-8(16)7-12(13)15/h2-7,17H,16H2,1H3. The lowest BCUT2D eigenvalue weighted by Crippen LogP contribution is -2.13. The van der Waals surface area contributed by atoms with Crippen LogP contribution in [0.3, 0.4) is 0 Å². The van der Waals surface area contributed by atoms with Gasteiger partial charge in [-0.1, -0.05) is 0 Å². The Morgan fingerprint density at radius 3 is 2.10 bits per heavy atom. The lowest BCUT2D eigenvalue weighted by atomic mass is 10.3. The number of benzene rings is 2. The van der Waals surface area contributed by atoms with Crippen LogP contribution in [0.1, 0.15) is 0 Å².